The van der Waals surface area contributed by atoms with Gasteiger partial charge in [0.25, 0.3) is 11.4 Å². The van der Waals surface area contributed by atoms with E-state index in [1.54, 1.807) is 33.2 Å². The Balaban J connectivity index is 1.57. The summed E-state index contributed by atoms with van der Waals surface area (Å²) in [6.07, 6.45) is 3.20. The molecule has 0 spiro atoms. The fourth-order valence-corrected chi connectivity index (χ4v) is 4.10. The topological polar surface area (TPSA) is 145 Å². The first-order valence-electron chi connectivity index (χ1n) is 12.6. The second-order valence-corrected chi connectivity index (χ2v) is 9.91. The van der Waals surface area contributed by atoms with Crippen molar-refractivity contribution >= 4 is 17.5 Å². The molecule has 39 heavy (non-hydrogen) atoms. The van der Waals surface area contributed by atoms with Gasteiger partial charge in [0.05, 0.1) is 29.0 Å². The van der Waals surface area contributed by atoms with E-state index in [2.05, 4.69) is 30.8 Å². The summed E-state index contributed by atoms with van der Waals surface area (Å²) in [5.74, 6) is -1.22. The predicted molar refractivity (Wildman–Crippen MR) is 145 cm³/mol. The maximum Gasteiger partial charge on any atom is 0.294 e. The summed E-state index contributed by atoms with van der Waals surface area (Å²) in [7, 11) is 1.58. The van der Waals surface area contributed by atoms with Crippen LogP contribution in [-0.4, -0.2) is 49.5 Å². The number of aromatic nitrogens is 5. The quantitative estimate of drug-likeness (QED) is 0.296. The van der Waals surface area contributed by atoms with Crippen LogP contribution in [0.1, 0.15) is 50.0 Å². The van der Waals surface area contributed by atoms with Crippen molar-refractivity contribution in [2.24, 2.45) is 5.92 Å². The molecule has 2 N–H and O–H groups in total. The Hall–Kier alpha value is -4.67. The van der Waals surface area contributed by atoms with E-state index in [-0.39, 0.29) is 30.1 Å². The molecule has 0 bridgehead atoms. The molecule has 1 aromatic carbocycles. The molecule has 0 aliphatic rings. The monoisotopic (exact) mass is 529 g/mol. The van der Waals surface area contributed by atoms with Crippen molar-refractivity contribution in [2.75, 3.05) is 12.4 Å². The van der Waals surface area contributed by atoms with Gasteiger partial charge in [0.15, 0.2) is 5.82 Å². The van der Waals surface area contributed by atoms with Gasteiger partial charge in [-0.1, -0.05) is 50.2 Å². The molecule has 0 aliphatic carbocycles. The lowest BCUT2D eigenvalue weighted by molar-refractivity contribution is -0.122. The highest BCUT2D eigenvalue weighted by molar-refractivity contribution is 5.98. The highest BCUT2D eigenvalue weighted by Gasteiger charge is 2.35. The van der Waals surface area contributed by atoms with Crippen LogP contribution in [0.3, 0.4) is 0 Å². The van der Waals surface area contributed by atoms with Crippen molar-refractivity contribution in [1.82, 2.24) is 30.0 Å². The molecule has 11 heteroatoms. The third-order valence-corrected chi connectivity index (χ3v) is 6.40. The third kappa shape index (κ3) is 5.77. The molecular formula is C28H31N7O4. The van der Waals surface area contributed by atoms with Crippen LogP contribution in [0.5, 0.6) is 0 Å². The number of benzene rings is 1. The van der Waals surface area contributed by atoms with Crippen LogP contribution in [0.15, 0.2) is 70.1 Å². The molecule has 3 aromatic heterocycles. The smallest absolute Gasteiger partial charge is 0.294 e. The Bertz CT molecular complexity index is 1510. The summed E-state index contributed by atoms with van der Waals surface area (Å²) in [6.45, 7) is 7.01. The number of hydrogen-bond acceptors (Lipinski definition) is 9. The minimum atomic E-state index is -0.953. The molecule has 1 atom stereocenters. The van der Waals surface area contributed by atoms with Gasteiger partial charge in [-0.25, -0.2) is 4.98 Å². The standard InChI is InChI=1S/C28H31N7O4/c1-17(2)22(23(37)25-33-34-27(39-25)28(3,4)20-13-9-10-14-30-20)32-21(36)16-35-19(18-11-7-6-8-12-18)15-31-24(29-5)26(35)38/h6-15,17,22H,16H2,1-5H3,(H,29,31)(H,32,36)/t22-/m1/s1. The molecule has 0 saturated carbocycles. The third-order valence-electron chi connectivity index (χ3n) is 6.40. The zero-order chi connectivity index (χ0) is 28.2. The van der Waals surface area contributed by atoms with Crippen LogP contribution in [0, 0.1) is 5.92 Å². The predicted octanol–water partition coefficient (Wildman–Crippen LogP) is 3.08. The number of carbonyl (C=O) groups excluding carboxylic acids is 2. The molecular weight excluding hydrogens is 498 g/mol. The van der Waals surface area contributed by atoms with Gasteiger partial charge in [0.1, 0.15) is 6.54 Å². The summed E-state index contributed by atoms with van der Waals surface area (Å²) in [4.78, 5) is 48.2. The van der Waals surface area contributed by atoms with Gasteiger partial charge in [-0.2, -0.15) is 0 Å². The number of rotatable bonds is 10. The number of ketones is 1. The van der Waals surface area contributed by atoms with E-state index in [1.807, 2.05) is 56.3 Å². The van der Waals surface area contributed by atoms with Crippen LogP contribution >= 0.6 is 0 Å². The van der Waals surface area contributed by atoms with Crippen molar-refractivity contribution in [3.8, 4) is 11.3 Å². The molecule has 4 aromatic rings. The van der Waals surface area contributed by atoms with Crippen LogP contribution in [0.4, 0.5) is 5.82 Å². The van der Waals surface area contributed by atoms with E-state index in [0.29, 0.717) is 11.4 Å². The van der Waals surface area contributed by atoms with Gasteiger partial charge in [0, 0.05) is 13.2 Å². The fourth-order valence-electron chi connectivity index (χ4n) is 4.10. The average Bonchev–Trinajstić information content (AvgIpc) is 3.45. The number of nitrogens with zero attached hydrogens (tertiary/aromatic N) is 5. The van der Waals surface area contributed by atoms with E-state index in [0.717, 1.165) is 5.56 Å². The van der Waals surface area contributed by atoms with Crippen molar-refractivity contribution < 1.29 is 14.0 Å². The van der Waals surface area contributed by atoms with E-state index in [9.17, 15) is 14.4 Å². The second-order valence-electron chi connectivity index (χ2n) is 9.91. The van der Waals surface area contributed by atoms with Crippen LogP contribution in [-0.2, 0) is 16.8 Å². The van der Waals surface area contributed by atoms with Gasteiger partial charge >= 0.3 is 0 Å². The largest absolute Gasteiger partial charge is 0.417 e. The highest BCUT2D eigenvalue weighted by atomic mass is 16.4. The lowest BCUT2D eigenvalue weighted by Crippen LogP contribution is -2.46. The molecule has 11 nitrogen and oxygen atoms in total. The first-order chi connectivity index (χ1) is 18.6. The van der Waals surface area contributed by atoms with Gasteiger partial charge in [-0.15, -0.1) is 10.2 Å². The molecule has 0 unspecified atom stereocenters. The molecule has 0 aliphatic heterocycles. The number of carbonyl (C=O) groups is 2. The maximum absolute atomic E-state index is 13.4. The van der Waals surface area contributed by atoms with Crippen LogP contribution in [0.25, 0.3) is 11.3 Å². The Morgan fingerprint density at radius 1 is 1.03 bits per heavy atom. The van der Waals surface area contributed by atoms with Crippen molar-refractivity contribution in [3.63, 3.8) is 0 Å². The van der Waals surface area contributed by atoms with Gasteiger partial charge in [0.2, 0.25) is 17.6 Å². The number of Topliss-reactive ketones (excluding diaryl/α,β-unsaturated/α-hetero) is 1. The Kier molecular flexibility index (Phi) is 7.99. The van der Waals surface area contributed by atoms with Crippen molar-refractivity contribution in [2.45, 2.75) is 45.7 Å². The van der Waals surface area contributed by atoms with Crippen molar-refractivity contribution in [1.29, 1.82) is 0 Å². The molecule has 3 heterocycles. The summed E-state index contributed by atoms with van der Waals surface area (Å²) in [6, 6.07) is 13.7. The van der Waals surface area contributed by atoms with Crippen LogP contribution in [0.2, 0.25) is 0 Å². The van der Waals surface area contributed by atoms with Gasteiger partial charge < -0.3 is 15.1 Å². The summed E-state index contributed by atoms with van der Waals surface area (Å²) >= 11 is 0. The Morgan fingerprint density at radius 3 is 2.38 bits per heavy atom. The van der Waals surface area contributed by atoms with Crippen LogP contribution < -0.4 is 16.2 Å². The zero-order valence-electron chi connectivity index (χ0n) is 22.5. The first-order valence-corrected chi connectivity index (χ1v) is 12.6. The molecule has 1 amide bonds. The lowest BCUT2D eigenvalue weighted by atomic mass is 9.89. The Morgan fingerprint density at radius 2 is 1.74 bits per heavy atom. The molecule has 202 valence electrons. The number of anilines is 1. The molecule has 0 radical (unpaired) electrons. The molecule has 4 rings (SSSR count). The van der Waals surface area contributed by atoms with Gasteiger partial charge in [-0.05, 0) is 37.5 Å². The summed E-state index contributed by atoms with van der Waals surface area (Å²) in [5.41, 5.74) is 0.715. The van der Waals surface area contributed by atoms with E-state index in [1.165, 1.54) is 10.8 Å². The highest BCUT2D eigenvalue weighted by Crippen LogP contribution is 2.29. The summed E-state index contributed by atoms with van der Waals surface area (Å²) in [5, 5.41) is 13.6. The minimum absolute atomic E-state index is 0.105. The lowest BCUT2D eigenvalue weighted by Gasteiger charge is -2.21. The number of nitrogens with one attached hydrogen (secondary N) is 2. The van der Waals surface area contributed by atoms with Crippen molar-refractivity contribution in [3.05, 3.63) is 88.8 Å². The second kappa shape index (κ2) is 11.4. The van der Waals surface area contributed by atoms with Gasteiger partial charge in [-0.3, -0.25) is 23.9 Å². The maximum atomic E-state index is 13.4. The molecule has 0 fully saturated rings. The normalized spacial score (nSPS) is 12.3. The SMILES string of the molecule is CNc1ncc(-c2ccccc2)n(CC(=O)N[C@@H](C(=O)c2nnc(C(C)(C)c3ccccn3)o2)C(C)C)c1=O. The first kappa shape index (κ1) is 27.4. The zero-order valence-corrected chi connectivity index (χ0v) is 22.5. The van der Waals surface area contributed by atoms with E-state index < -0.39 is 28.7 Å². The van der Waals surface area contributed by atoms with E-state index >= 15 is 0 Å². The number of hydrogen-bond donors (Lipinski definition) is 2. The number of amides is 1. The fraction of sp³-hybridized carbons (Fsp3) is 0.321. The minimum Gasteiger partial charge on any atom is -0.417 e. The molecule has 0 saturated heterocycles. The Labute approximate surface area is 225 Å². The average molecular weight is 530 g/mol. The summed E-state index contributed by atoms with van der Waals surface area (Å²) < 4.78 is 7.11. The number of pyridine rings is 1. The van der Waals surface area contributed by atoms with E-state index in [4.69, 9.17) is 4.42 Å².